The Bertz CT molecular complexity index is 877. The third kappa shape index (κ3) is 4.25. The van der Waals surface area contributed by atoms with Gasteiger partial charge in [0.15, 0.2) is 0 Å². The highest BCUT2D eigenvalue weighted by Gasteiger charge is 2.44. The van der Waals surface area contributed by atoms with Crippen molar-refractivity contribution in [3.63, 3.8) is 0 Å². The molecule has 2 aliphatic rings. The van der Waals surface area contributed by atoms with Gasteiger partial charge in [-0.3, -0.25) is 14.6 Å². The van der Waals surface area contributed by atoms with Gasteiger partial charge in [-0.25, -0.2) is 0 Å². The maximum absolute atomic E-state index is 13.2. The number of pyridine rings is 1. The molecule has 4 rings (SSSR count). The summed E-state index contributed by atoms with van der Waals surface area (Å²) in [6.07, 6.45) is 9.09. The van der Waals surface area contributed by atoms with Crippen molar-refractivity contribution in [1.29, 1.82) is 0 Å². The van der Waals surface area contributed by atoms with E-state index in [1.165, 1.54) is 0 Å². The molecule has 30 heavy (non-hydrogen) atoms. The molecular weight excluding hydrogens is 374 g/mol. The number of piperidine rings is 1. The molecule has 158 valence electrons. The predicted octanol–water partition coefficient (Wildman–Crippen LogP) is 3.84. The SMILES string of the molecule is CCNC(=O)[C@@]1(Cc2ccc(-c3ccncc3)cc2)CCCN(C(=O)C2CCC2)C1. The van der Waals surface area contributed by atoms with Crippen molar-refractivity contribution in [1.82, 2.24) is 15.2 Å². The Kier molecular flexibility index (Phi) is 6.16. The van der Waals surface area contributed by atoms with E-state index in [0.29, 0.717) is 19.5 Å². The van der Waals surface area contributed by atoms with Crippen LogP contribution in [0.15, 0.2) is 48.8 Å². The summed E-state index contributed by atoms with van der Waals surface area (Å²) in [5.41, 5.74) is 2.85. The number of carbonyl (C=O) groups excluding carboxylic acids is 2. The molecule has 0 unspecified atom stereocenters. The molecule has 5 nitrogen and oxygen atoms in total. The minimum atomic E-state index is -0.550. The van der Waals surface area contributed by atoms with E-state index in [4.69, 9.17) is 0 Å². The van der Waals surface area contributed by atoms with E-state index in [0.717, 1.165) is 55.3 Å². The van der Waals surface area contributed by atoms with Gasteiger partial charge in [0.25, 0.3) is 0 Å². The normalized spacial score (nSPS) is 21.7. The van der Waals surface area contributed by atoms with Crippen LogP contribution in [0, 0.1) is 11.3 Å². The molecule has 1 saturated heterocycles. The molecule has 0 bridgehead atoms. The lowest BCUT2D eigenvalue weighted by Crippen LogP contribution is -2.55. The molecule has 0 radical (unpaired) electrons. The summed E-state index contributed by atoms with van der Waals surface area (Å²) >= 11 is 0. The second-order valence-corrected chi connectivity index (χ2v) is 8.74. The first-order chi connectivity index (χ1) is 14.6. The number of hydrogen-bond acceptors (Lipinski definition) is 3. The van der Waals surface area contributed by atoms with Crippen molar-refractivity contribution in [3.05, 3.63) is 54.4 Å². The lowest BCUT2D eigenvalue weighted by atomic mass is 9.73. The van der Waals surface area contributed by atoms with Crippen LogP contribution in [0.2, 0.25) is 0 Å². The molecule has 5 heteroatoms. The molecule has 1 saturated carbocycles. The van der Waals surface area contributed by atoms with E-state index < -0.39 is 5.41 Å². The number of rotatable bonds is 6. The first-order valence-corrected chi connectivity index (χ1v) is 11.2. The van der Waals surface area contributed by atoms with E-state index in [1.54, 1.807) is 12.4 Å². The highest BCUT2D eigenvalue weighted by molar-refractivity contribution is 5.85. The molecule has 1 aromatic carbocycles. The first kappa shape index (κ1) is 20.6. The van der Waals surface area contributed by atoms with Crippen LogP contribution in [-0.4, -0.2) is 41.3 Å². The Balaban J connectivity index is 1.54. The maximum atomic E-state index is 13.2. The quantitative estimate of drug-likeness (QED) is 0.794. The fraction of sp³-hybridized carbons (Fsp3) is 0.480. The van der Waals surface area contributed by atoms with Gasteiger partial charge in [0.2, 0.25) is 11.8 Å². The van der Waals surface area contributed by atoms with Gasteiger partial charge >= 0.3 is 0 Å². The molecule has 2 heterocycles. The average Bonchev–Trinajstić information content (AvgIpc) is 2.74. The monoisotopic (exact) mass is 405 g/mol. The average molecular weight is 406 g/mol. The molecule has 1 aromatic heterocycles. The number of hydrogen-bond donors (Lipinski definition) is 1. The van der Waals surface area contributed by atoms with Gasteiger partial charge < -0.3 is 10.2 Å². The molecule has 1 N–H and O–H groups in total. The van der Waals surface area contributed by atoms with Gasteiger partial charge in [0, 0.05) is 37.9 Å². The Morgan fingerprint density at radius 3 is 2.40 bits per heavy atom. The van der Waals surface area contributed by atoms with Crippen molar-refractivity contribution in [3.8, 4) is 11.1 Å². The van der Waals surface area contributed by atoms with Crippen LogP contribution in [0.5, 0.6) is 0 Å². The van der Waals surface area contributed by atoms with Crippen LogP contribution in [0.3, 0.4) is 0 Å². The van der Waals surface area contributed by atoms with Gasteiger partial charge in [-0.05, 0) is 67.9 Å². The second-order valence-electron chi connectivity index (χ2n) is 8.74. The number of likely N-dealkylation sites (tertiary alicyclic amines) is 1. The van der Waals surface area contributed by atoms with Crippen LogP contribution in [0.25, 0.3) is 11.1 Å². The Hall–Kier alpha value is -2.69. The topological polar surface area (TPSA) is 62.3 Å². The summed E-state index contributed by atoms with van der Waals surface area (Å²) < 4.78 is 0. The summed E-state index contributed by atoms with van der Waals surface area (Å²) in [5, 5.41) is 3.05. The zero-order chi connectivity index (χ0) is 21.0. The third-order valence-corrected chi connectivity index (χ3v) is 6.67. The van der Waals surface area contributed by atoms with Crippen molar-refractivity contribution in [2.75, 3.05) is 19.6 Å². The lowest BCUT2D eigenvalue weighted by molar-refractivity contribution is -0.146. The maximum Gasteiger partial charge on any atom is 0.228 e. The molecule has 1 aliphatic carbocycles. The van der Waals surface area contributed by atoms with Gasteiger partial charge in [0.1, 0.15) is 0 Å². The predicted molar refractivity (Wildman–Crippen MR) is 118 cm³/mol. The Morgan fingerprint density at radius 1 is 1.07 bits per heavy atom. The van der Waals surface area contributed by atoms with Crippen LogP contribution in [0.1, 0.15) is 44.6 Å². The summed E-state index contributed by atoms with van der Waals surface area (Å²) in [6, 6.07) is 12.4. The van der Waals surface area contributed by atoms with Crippen LogP contribution in [0.4, 0.5) is 0 Å². The number of carbonyl (C=O) groups is 2. The number of benzene rings is 1. The summed E-state index contributed by atoms with van der Waals surface area (Å²) in [7, 11) is 0. The minimum absolute atomic E-state index is 0.0781. The highest BCUT2D eigenvalue weighted by atomic mass is 16.2. The van der Waals surface area contributed by atoms with Crippen molar-refractivity contribution < 1.29 is 9.59 Å². The van der Waals surface area contributed by atoms with E-state index in [2.05, 4.69) is 34.6 Å². The smallest absolute Gasteiger partial charge is 0.228 e. The van der Waals surface area contributed by atoms with Crippen molar-refractivity contribution >= 4 is 11.8 Å². The summed E-state index contributed by atoms with van der Waals surface area (Å²) in [4.78, 5) is 32.1. The van der Waals surface area contributed by atoms with Crippen molar-refractivity contribution in [2.24, 2.45) is 11.3 Å². The van der Waals surface area contributed by atoms with E-state index in [-0.39, 0.29) is 17.7 Å². The Labute approximate surface area is 178 Å². The van der Waals surface area contributed by atoms with Gasteiger partial charge in [-0.2, -0.15) is 0 Å². The molecule has 2 amide bonds. The third-order valence-electron chi connectivity index (χ3n) is 6.67. The first-order valence-electron chi connectivity index (χ1n) is 11.2. The summed E-state index contributed by atoms with van der Waals surface area (Å²) in [5.74, 6) is 0.506. The number of aromatic nitrogens is 1. The van der Waals surface area contributed by atoms with Gasteiger partial charge in [-0.15, -0.1) is 0 Å². The van der Waals surface area contributed by atoms with E-state index >= 15 is 0 Å². The molecule has 2 aromatic rings. The standard InChI is InChI=1S/C25H31N3O2/c1-2-27-24(30)25(13-4-16-28(18-25)23(29)22-5-3-6-22)17-19-7-9-20(10-8-19)21-11-14-26-15-12-21/h7-12,14-15,22H,2-6,13,16-18H2,1H3,(H,27,30)/t25-/m1/s1. The minimum Gasteiger partial charge on any atom is -0.356 e. The largest absolute Gasteiger partial charge is 0.356 e. The van der Waals surface area contributed by atoms with E-state index in [1.807, 2.05) is 24.0 Å². The van der Waals surface area contributed by atoms with Crippen LogP contribution >= 0.6 is 0 Å². The zero-order valence-electron chi connectivity index (χ0n) is 17.8. The highest BCUT2D eigenvalue weighted by Crippen LogP contribution is 2.37. The van der Waals surface area contributed by atoms with E-state index in [9.17, 15) is 9.59 Å². The molecule has 1 atom stereocenters. The molecule has 1 aliphatic heterocycles. The van der Waals surface area contributed by atoms with Crippen LogP contribution < -0.4 is 5.32 Å². The van der Waals surface area contributed by atoms with Gasteiger partial charge in [0.05, 0.1) is 5.41 Å². The summed E-state index contributed by atoms with van der Waals surface area (Å²) in [6.45, 7) is 3.87. The zero-order valence-corrected chi connectivity index (χ0v) is 17.8. The van der Waals surface area contributed by atoms with Crippen molar-refractivity contribution in [2.45, 2.75) is 45.4 Å². The fourth-order valence-corrected chi connectivity index (χ4v) is 4.74. The second kappa shape index (κ2) is 8.99. The Morgan fingerprint density at radius 2 is 1.77 bits per heavy atom. The number of nitrogens with one attached hydrogen (secondary N) is 1. The fourth-order valence-electron chi connectivity index (χ4n) is 4.74. The molecular formula is C25H31N3O2. The number of amides is 2. The van der Waals surface area contributed by atoms with Crippen LogP contribution in [-0.2, 0) is 16.0 Å². The van der Waals surface area contributed by atoms with Gasteiger partial charge in [-0.1, -0.05) is 30.7 Å². The molecule has 0 spiro atoms. The number of nitrogens with zero attached hydrogens (tertiary/aromatic N) is 2. The molecule has 2 fully saturated rings. The lowest BCUT2D eigenvalue weighted by Gasteiger charge is -2.43.